The molecule has 1 aliphatic heterocycles. The molecule has 1 aromatic rings. The van der Waals surface area contributed by atoms with Gasteiger partial charge in [-0.05, 0) is 32.3 Å². The van der Waals surface area contributed by atoms with Crippen LogP contribution in [0, 0.1) is 0 Å². The number of nitrogens with zero attached hydrogens (tertiary/aromatic N) is 1. The molecule has 0 aromatic heterocycles. The van der Waals surface area contributed by atoms with Gasteiger partial charge in [-0.2, -0.15) is 0 Å². The number of hydrogen-bond acceptors (Lipinski definition) is 3. The Labute approximate surface area is 101 Å². The average Bonchev–Trinajstić information content (AvgIpc) is 2.27. The second-order valence-corrected chi connectivity index (χ2v) is 4.81. The van der Waals surface area contributed by atoms with Gasteiger partial charge in [-0.1, -0.05) is 11.6 Å². The third-order valence-electron chi connectivity index (χ3n) is 3.41. The zero-order chi connectivity index (χ0) is 11.8. The highest BCUT2D eigenvalue weighted by Gasteiger charge is 2.38. The quantitative estimate of drug-likeness (QED) is 0.857. The summed E-state index contributed by atoms with van der Waals surface area (Å²) in [5, 5.41) is 0.726. The van der Waals surface area contributed by atoms with E-state index in [1.807, 2.05) is 32.3 Å². The predicted octanol–water partition coefficient (Wildman–Crippen LogP) is 1.84. The fourth-order valence-corrected chi connectivity index (χ4v) is 2.49. The van der Waals surface area contributed by atoms with Crippen molar-refractivity contribution >= 4 is 11.6 Å². The number of halogens is 1. The minimum atomic E-state index is -0.154. The molecular weight excluding hydrogens is 224 g/mol. The first-order valence-corrected chi connectivity index (χ1v) is 5.78. The monoisotopic (exact) mass is 240 g/mol. The van der Waals surface area contributed by atoms with Gasteiger partial charge < -0.3 is 10.5 Å². The van der Waals surface area contributed by atoms with E-state index in [1.54, 1.807) is 0 Å². The van der Waals surface area contributed by atoms with Crippen molar-refractivity contribution in [3.63, 3.8) is 0 Å². The molecular formula is C12H17ClN2O. The molecule has 0 bridgehead atoms. The van der Waals surface area contributed by atoms with Crippen LogP contribution in [0.5, 0.6) is 5.75 Å². The fourth-order valence-electron chi connectivity index (χ4n) is 2.32. The van der Waals surface area contributed by atoms with Crippen molar-refractivity contribution in [1.29, 1.82) is 0 Å². The third kappa shape index (κ3) is 1.69. The zero-order valence-electron chi connectivity index (χ0n) is 9.66. The Balaban J connectivity index is 2.56. The Morgan fingerprint density at radius 1 is 1.50 bits per heavy atom. The number of likely N-dealkylation sites (N-methyl/N-ethyl adjacent to an activating group) is 1. The molecule has 0 spiro atoms. The number of benzene rings is 1. The van der Waals surface area contributed by atoms with E-state index < -0.39 is 0 Å². The number of nitrogens with two attached hydrogens (primary N) is 1. The molecule has 2 rings (SSSR count). The molecule has 0 saturated heterocycles. The topological polar surface area (TPSA) is 38.5 Å². The molecule has 3 nitrogen and oxygen atoms in total. The van der Waals surface area contributed by atoms with Crippen LogP contribution in [0.2, 0.25) is 5.02 Å². The first-order valence-electron chi connectivity index (χ1n) is 5.40. The Morgan fingerprint density at radius 3 is 2.88 bits per heavy atom. The average molecular weight is 241 g/mol. The summed E-state index contributed by atoms with van der Waals surface area (Å²) in [7, 11) is 4.09. The molecule has 0 radical (unpaired) electrons. The van der Waals surface area contributed by atoms with Gasteiger partial charge in [0.2, 0.25) is 0 Å². The summed E-state index contributed by atoms with van der Waals surface area (Å²) in [6, 6.07) is 5.73. The Morgan fingerprint density at radius 2 is 2.25 bits per heavy atom. The summed E-state index contributed by atoms with van der Waals surface area (Å²) in [5.41, 5.74) is 6.91. The van der Waals surface area contributed by atoms with Crippen LogP contribution in [-0.4, -0.2) is 32.1 Å². The molecule has 1 aromatic carbocycles. The highest BCUT2D eigenvalue weighted by Crippen LogP contribution is 2.40. The van der Waals surface area contributed by atoms with Crippen LogP contribution in [-0.2, 0) is 5.54 Å². The molecule has 0 saturated carbocycles. The highest BCUT2D eigenvalue weighted by molar-refractivity contribution is 6.30. The van der Waals surface area contributed by atoms with Crippen molar-refractivity contribution in [2.24, 2.45) is 5.73 Å². The summed E-state index contributed by atoms with van der Waals surface area (Å²) >= 11 is 6.05. The highest BCUT2D eigenvalue weighted by atomic mass is 35.5. The van der Waals surface area contributed by atoms with Crippen molar-refractivity contribution in [3.8, 4) is 5.75 Å². The lowest BCUT2D eigenvalue weighted by molar-refractivity contribution is 0.0938. The molecule has 1 atom stereocenters. The van der Waals surface area contributed by atoms with Gasteiger partial charge in [0.15, 0.2) is 0 Å². The molecule has 2 N–H and O–H groups in total. The van der Waals surface area contributed by atoms with E-state index in [-0.39, 0.29) is 5.54 Å². The molecule has 0 fully saturated rings. The van der Waals surface area contributed by atoms with E-state index in [1.165, 1.54) is 0 Å². The van der Waals surface area contributed by atoms with Crippen LogP contribution < -0.4 is 10.5 Å². The van der Waals surface area contributed by atoms with E-state index >= 15 is 0 Å². The molecule has 0 amide bonds. The van der Waals surface area contributed by atoms with E-state index in [2.05, 4.69) is 4.90 Å². The van der Waals surface area contributed by atoms with Gasteiger partial charge in [-0.25, -0.2) is 0 Å². The SMILES string of the molecule is CN(C)C1(CN)CCOc2ccc(Cl)cc21. The van der Waals surface area contributed by atoms with Crippen LogP contribution >= 0.6 is 11.6 Å². The van der Waals surface area contributed by atoms with Crippen LogP contribution in [0.3, 0.4) is 0 Å². The van der Waals surface area contributed by atoms with E-state index in [9.17, 15) is 0 Å². The number of rotatable bonds is 2. The van der Waals surface area contributed by atoms with E-state index in [0.717, 1.165) is 22.8 Å². The van der Waals surface area contributed by atoms with Crippen LogP contribution in [0.4, 0.5) is 0 Å². The number of hydrogen-bond donors (Lipinski definition) is 1. The lowest BCUT2D eigenvalue weighted by atomic mass is 9.83. The molecule has 1 heterocycles. The Hall–Kier alpha value is -0.770. The minimum absolute atomic E-state index is 0.154. The van der Waals surface area contributed by atoms with Gasteiger partial charge in [0.1, 0.15) is 5.75 Å². The maximum atomic E-state index is 6.05. The van der Waals surface area contributed by atoms with Crippen molar-refractivity contribution in [3.05, 3.63) is 28.8 Å². The fraction of sp³-hybridized carbons (Fsp3) is 0.500. The van der Waals surface area contributed by atoms with Crippen molar-refractivity contribution in [2.75, 3.05) is 27.2 Å². The van der Waals surface area contributed by atoms with E-state index in [4.69, 9.17) is 22.1 Å². The van der Waals surface area contributed by atoms with Crippen molar-refractivity contribution < 1.29 is 4.74 Å². The summed E-state index contributed by atoms with van der Waals surface area (Å²) in [6.07, 6.45) is 0.893. The standard InChI is InChI=1S/C12H17ClN2O/c1-15(2)12(8-14)5-6-16-11-4-3-9(13)7-10(11)12/h3-4,7H,5-6,8,14H2,1-2H3. The molecule has 1 unspecified atom stereocenters. The predicted molar refractivity (Wildman–Crippen MR) is 66.0 cm³/mol. The lowest BCUT2D eigenvalue weighted by Gasteiger charge is -2.43. The summed E-state index contributed by atoms with van der Waals surface area (Å²) in [5.74, 6) is 0.898. The molecule has 16 heavy (non-hydrogen) atoms. The smallest absolute Gasteiger partial charge is 0.124 e. The zero-order valence-corrected chi connectivity index (χ0v) is 10.4. The molecule has 0 aliphatic carbocycles. The largest absolute Gasteiger partial charge is 0.493 e. The summed E-state index contributed by atoms with van der Waals surface area (Å²) in [6.45, 7) is 1.26. The van der Waals surface area contributed by atoms with Gasteiger partial charge in [0.05, 0.1) is 12.1 Å². The maximum Gasteiger partial charge on any atom is 0.124 e. The van der Waals surface area contributed by atoms with Gasteiger partial charge in [-0.3, -0.25) is 4.90 Å². The Bertz CT molecular complexity index is 395. The lowest BCUT2D eigenvalue weighted by Crippen LogP contribution is -2.50. The van der Waals surface area contributed by atoms with Crippen LogP contribution in [0.25, 0.3) is 0 Å². The van der Waals surface area contributed by atoms with Gasteiger partial charge in [0, 0.05) is 23.6 Å². The minimum Gasteiger partial charge on any atom is -0.493 e. The second-order valence-electron chi connectivity index (χ2n) is 4.37. The molecule has 1 aliphatic rings. The van der Waals surface area contributed by atoms with Gasteiger partial charge >= 0.3 is 0 Å². The molecule has 88 valence electrons. The van der Waals surface area contributed by atoms with Crippen LogP contribution in [0.1, 0.15) is 12.0 Å². The first-order chi connectivity index (χ1) is 7.60. The Kier molecular flexibility index (Phi) is 3.10. The second kappa shape index (κ2) is 4.24. The number of ether oxygens (including phenoxy) is 1. The van der Waals surface area contributed by atoms with Crippen LogP contribution in [0.15, 0.2) is 18.2 Å². The van der Waals surface area contributed by atoms with Gasteiger partial charge in [0.25, 0.3) is 0 Å². The van der Waals surface area contributed by atoms with Gasteiger partial charge in [-0.15, -0.1) is 0 Å². The van der Waals surface area contributed by atoms with E-state index in [0.29, 0.717) is 13.2 Å². The molecule has 4 heteroatoms. The third-order valence-corrected chi connectivity index (χ3v) is 3.65. The number of fused-ring (bicyclic) bond motifs is 1. The normalized spacial score (nSPS) is 24.1. The van der Waals surface area contributed by atoms with Crippen molar-refractivity contribution in [2.45, 2.75) is 12.0 Å². The maximum absolute atomic E-state index is 6.05. The van der Waals surface area contributed by atoms with Crippen molar-refractivity contribution in [1.82, 2.24) is 4.90 Å². The summed E-state index contributed by atoms with van der Waals surface area (Å²) < 4.78 is 5.64. The first kappa shape index (κ1) is 11.7. The summed E-state index contributed by atoms with van der Waals surface area (Å²) in [4.78, 5) is 2.16.